The van der Waals surface area contributed by atoms with Crippen LogP contribution in [0, 0.1) is 0 Å². The molecule has 1 aromatic heterocycles. The fourth-order valence-corrected chi connectivity index (χ4v) is 2.62. The number of Topliss-reactive ketones (excluding diaryl/α,β-unsaturated/α-hetero) is 1. The molecule has 0 spiro atoms. The predicted molar refractivity (Wildman–Crippen MR) is 92.9 cm³/mol. The van der Waals surface area contributed by atoms with Crippen molar-refractivity contribution in [2.24, 2.45) is 0 Å². The van der Waals surface area contributed by atoms with E-state index in [0.29, 0.717) is 10.9 Å². The van der Waals surface area contributed by atoms with Crippen molar-refractivity contribution in [3.05, 3.63) is 65.4 Å². The number of carbonyl (C=O) groups excluding carboxylic acids is 2. The molecule has 0 fully saturated rings. The van der Waals surface area contributed by atoms with Crippen LogP contribution in [0.25, 0.3) is 10.9 Å². The number of rotatable bonds is 6. The summed E-state index contributed by atoms with van der Waals surface area (Å²) < 4.78 is 6.48. The van der Waals surface area contributed by atoms with Gasteiger partial charge in [-0.1, -0.05) is 30.3 Å². The molecular formula is C19H16N2O5. The highest BCUT2D eigenvalue weighted by molar-refractivity contribution is 6.06. The van der Waals surface area contributed by atoms with E-state index in [1.807, 2.05) is 30.3 Å². The van der Waals surface area contributed by atoms with Gasteiger partial charge in [0, 0.05) is 12.3 Å². The Morgan fingerprint density at radius 3 is 2.50 bits per heavy atom. The molecular weight excluding hydrogens is 336 g/mol. The third-order valence-corrected chi connectivity index (χ3v) is 3.82. The van der Waals surface area contributed by atoms with Crippen LogP contribution in [0.3, 0.4) is 0 Å². The quantitative estimate of drug-likeness (QED) is 0.541. The van der Waals surface area contributed by atoms with Crippen LogP contribution in [0.2, 0.25) is 0 Å². The van der Waals surface area contributed by atoms with Crippen molar-refractivity contribution >= 4 is 28.6 Å². The van der Waals surface area contributed by atoms with Crippen LogP contribution in [-0.4, -0.2) is 32.6 Å². The molecule has 1 N–H and O–H groups in total. The normalized spacial score (nSPS) is 10.7. The molecule has 0 saturated heterocycles. The van der Waals surface area contributed by atoms with E-state index in [1.54, 1.807) is 6.07 Å². The maximum atomic E-state index is 12.3. The summed E-state index contributed by atoms with van der Waals surface area (Å²) in [7, 11) is 0. The number of carboxylic acid groups (broad SMARTS) is 1. The van der Waals surface area contributed by atoms with Gasteiger partial charge in [0.1, 0.15) is 18.8 Å². The highest BCUT2D eigenvalue weighted by atomic mass is 16.5. The van der Waals surface area contributed by atoms with Gasteiger partial charge in [0.05, 0.1) is 11.1 Å². The standard InChI is InChI=1S/C19H16N2O5/c1-12(22)18-15-8-7-14(9-16(15)21(20-18)10-17(23)24)19(25)26-11-13-5-3-2-4-6-13/h2-9H,10-11H2,1H3,(H,23,24). The molecule has 7 nitrogen and oxygen atoms in total. The van der Waals surface area contributed by atoms with E-state index in [9.17, 15) is 14.4 Å². The van der Waals surface area contributed by atoms with Crippen molar-refractivity contribution < 1.29 is 24.2 Å². The first-order valence-electron chi connectivity index (χ1n) is 7.90. The lowest BCUT2D eigenvalue weighted by atomic mass is 10.1. The topological polar surface area (TPSA) is 98.5 Å². The Hall–Kier alpha value is -3.48. The average Bonchev–Trinajstić information content (AvgIpc) is 2.98. The minimum Gasteiger partial charge on any atom is -0.480 e. The fourth-order valence-electron chi connectivity index (χ4n) is 2.62. The number of benzene rings is 2. The van der Waals surface area contributed by atoms with Gasteiger partial charge in [-0.25, -0.2) is 4.79 Å². The molecule has 0 unspecified atom stereocenters. The van der Waals surface area contributed by atoms with Crippen molar-refractivity contribution in [2.45, 2.75) is 20.1 Å². The molecule has 0 amide bonds. The number of nitrogens with zero attached hydrogens (tertiary/aromatic N) is 2. The Kier molecular flexibility index (Phi) is 4.79. The SMILES string of the molecule is CC(=O)c1nn(CC(=O)O)c2cc(C(=O)OCc3ccccc3)ccc12. The number of fused-ring (bicyclic) bond motifs is 1. The van der Waals surface area contributed by atoms with E-state index >= 15 is 0 Å². The summed E-state index contributed by atoms with van der Waals surface area (Å²) in [6, 6.07) is 13.9. The number of esters is 1. The zero-order chi connectivity index (χ0) is 18.7. The van der Waals surface area contributed by atoms with Crippen molar-refractivity contribution in [1.82, 2.24) is 9.78 Å². The molecule has 0 saturated carbocycles. The summed E-state index contributed by atoms with van der Waals surface area (Å²) in [6.45, 7) is 1.08. The van der Waals surface area contributed by atoms with Gasteiger partial charge in [-0.2, -0.15) is 5.10 Å². The van der Waals surface area contributed by atoms with E-state index in [-0.39, 0.29) is 23.6 Å². The number of hydrogen-bond donors (Lipinski definition) is 1. The van der Waals surface area contributed by atoms with Crippen LogP contribution in [-0.2, 0) is 22.7 Å². The number of hydrogen-bond acceptors (Lipinski definition) is 5. The average molecular weight is 352 g/mol. The van der Waals surface area contributed by atoms with Gasteiger partial charge in [0.2, 0.25) is 0 Å². The smallest absolute Gasteiger partial charge is 0.338 e. The van der Waals surface area contributed by atoms with E-state index in [4.69, 9.17) is 9.84 Å². The second-order valence-corrected chi connectivity index (χ2v) is 5.75. The molecule has 2 aromatic carbocycles. The van der Waals surface area contributed by atoms with Crippen molar-refractivity contribution in [3.8, 4) is 0 Å². The molecule has 0 aliphatic heterocycles. The van der Waals surface area contributed by atoms with Gasteiger partial charge in [-0.3, -0.25) is 14.3 Å². The molecule has 0 radical (unpaired) electrons. The lowest BCUT2D eigenvalue weighted by Gasteiger charge is -2.06. The Balaban J connectivity index is 1.90. The molecule has 0 aliphatic rings. The molecule has 132 valence electrons. The second kappa shape index (κ2) is 7.18. The van der Waals surface area contributed by atoms with Crippen LogP contribution in [0.15, 0.2) is 48.5 Å². The molecule has 0 atom stereocenters. The summed E-state index contributed by atoms with van der Waals surface area (Å²) >= 11 is 0. The first-order chi connectivity index (χ1) is 12.5. The second-order valence-electron chi connectivity index (χ2n) is 5.75. The summed E-state index contributed by atoms with van der Waals surface area (Å²) in [5.41, 5.74) is 1.68. The minimum absolute atomic E-state index is 0.130. The summed E-state index contributed by atoms with van der Waals surface area (Å²) in [5.74, 6) is -1.91. The van der Waals surface area contributed by atoms with Crippen LogP contribution in [0.5, 0.6) is 0 Å². The first kappa shape index (κ1) is 17.3. The molecule has 0 bridgehead atoms. The van der Waals surface area contributed by atoms with Crippen LogP contribution in [0.4, 0.5) is 0 Å². The van der Waals surface area contributed by atoms with Crippen molar-refractivity contribution in [2.75, 3.05) is 0 Å². The third kappa shape index (κ3) is 3.61. The molecule has 3 rings (SSSR count). The summed E-state index contributed by atoms with van der Waals surface area (Å²) in [4.78, 5) is 35.1. The molecule has 26 heavy (non-hydrogen) atoms. The van der Waals surface area contributed by atoms with Gasteiger partial charge in [0.25, 0.3) is 0 Å². The van der Waals surface area contributed by atoms with Crippen molar-refractivity contribution in [3.63, 3.8) is 0 Å². The van der Waals surface area contributed by atoms with Crippen LogP contribution < -0.4 is 0 Å². The van der Waals surface area contributed by atoms with Gasteiger partial charge in [-0.15, -0.1) is 0 Å². The van der Waals surface area contributed by atoms with Crippen LogP contribution >= 0.6 is 0 Å². The number of aromatic nitrogens is 2. The fraction of sp³-hybridized carbons (Fsp3) is 0.158. The maximum absolute atomic E-state index is 12.3. The first-order valence-corrected chi connectivity index (χ1v) is 7.90. The van der Waals surface area contributed by atoms with E-state index in [2.05, 4.69) is 5.10 Å². The Morgan fingerprint density at radius 2 is 1.85 bits per heavy atom. The highest BCUT2D eigenvalue weighted by Gasteiger charge is 2.18. The maximum Gasteiger partial charge on any atom is 0.338 e. The van der Waals surface area contributed by atoms with Gasteiger partial charge in [-0.05, 0) is 23.8 Å². The third-order valence-electron chi connectivity index (χ3n) is 3.82. The molecule has 7 heteroatoms. The monoisotopic (exact) mass is 352 g/mol. The largest absolute Gasteiger partial charge is 0.480 e. The van der Waals surface area contributed by atoms with Gasteiger partial charge < -0.3 is 9.84 Å². The predicted octanol–water partition coefficient (Wildman–Crippen LogP) is 2.68. The number of aliphatic carboxylic acids is 1. The van der Waals surface area contributed by atoms with Gasteiger partial charge >= 0.3 is 11.9 Å². The zero-order valence-corrected chi connectivity index (χ0v) is 14.0. The summed E-state index contributed by atoms with van der Waals surface area (Å²) in [6.07, 6.45) is 0. The number of ether oxygens (including phenoxy) is 1. The Morgan fingerprint density at radius 1 is 1.12 bits per heavy atom. The Bertz CT molecular complexity index is 992. The molecule has 3 aromatic rings. The van der Waals surface area contributed by atoms with E-state index in [0.717, 1.165) is 5.56 Å². The lowest BCUT2D eigenvalue weighted by Crippen LogP contribution is -2.11. The lowest BCUT2D eigenvalue weighted by molar-refractivity contribution is -0.137. The minimum atomic E-state index is -1.10. The van der Waals surface area contributed by atoms with E-state index < -0.39 is 18.5 Å². The van der Waals surface area contributed by atoms with Crippen LogP contribution in [0.1, 0.15) is 33.3 Å². The number of carboxylic acids is 1. The van der Waals surface area contributed by atoms with Crippen molar-refractivity contribution in [1.29, 1.82) is 0 Å². The van der Waals surface area contributed by atoms with E-state index in [1.165, 1.54) is 23.7 Å². The Labute approximate surface area is 148 Å². The summed E-state index contributed by atoms with van der Waals surface area (Å²) in [5, 5.41) is 13.6. The molecule has 1 heterocycles. The highest BCUT2D eigenvalue weighted by Crippen LogP contribution is 2.21. The zero-order valence-electron chi connectivity index (χ0n) is 14.0. The number of ketones is 1. The molecule has 0 aliphatic carbocycles. The number of carbonyl (C=O) groups is 3. The van der Waals surface area contributed by atoms with Gasteiger partial charge in [0.15, 0.2) is 5.78 Å².